The van der Waals surface area contributed by atoms with Gasteiger partial charge in [0.2, 0.25) is 0 Å². The maximum absolute atomic E-state index is 11.9. The number of imidazole rings is 1. The van der Waals surface area contributed by atoms with Crippen LogP contribution in [0, 0.1) is 0 Å². The van der Waals surface area contributed by atoms with Crippen LogP contribution < -0.4 is 17.0 Å². The van der Waals surface area contributed by atoms with Gasteiger partial charge < -0.3 is 10.3 Å². The number of unbranched alkanes of at least 4 members (excludes halogenated alkanes) is 1. The molecule has 0 aliphatic rings. The van der Waals surface area contributed by atoms with E-state index in [0.29, 0.717) is 23.5 Å². The van der Waals surface area contributed by atoms with Crippen molar-refractivity contribution in [3.8, 4) is 0 Å². The van der Waals surface area contributed by atoms with E-state index in [1.165, 1.54) is 4.57 Å². The number of nitrogens with zero attached hydrogens (tertiary/aromatic N) is 3. The zero-order valence-corrected chi connectivity index (χ0v) is 11.4. The first-order chi connectivity index (χ1) is 8.97. The van der Waals surface area contributed by atoms with Crippen LogP contribution in [-0.2, 0) is 13.6 Å². The van der Waals surface area contributed by atoms with Crippen molar-refractivity contribution < 1.29 is 0 Å². The summed E-state index contributed by atoms with van der Waals surface area (Å²) in [5, 5.41) is 0. The fraction of sp³-hybridized carbons (Fsp3) is 0.583. The van der Waals surface area contributed by atoms with Gasteiger partial charge in [-0.25, -0.2) is 9.78 Å². The van der Waals surface area contributed by atoms with Crippen LogP contribution in [0.4, 0.5) is 0 Å². The molecule has 1 atom stereocenters. The number of hydrogen-bond acceptors (Lipinski definition) is 4. The second-order valence-electron chi connectivity index (χ2n) is 4.75. The molecule has 7 heteroatoms. The summed E-state index contributed by atoms with van der Waals surface area (Å²) in [6, 6.07) is -0.300. The number of aromatic nitrogens is 4. The molecule has 0 spiro atoms. The van der Waals surface area contributed by atoms with Gasteiger partial charge in [0.15, 0.2) is 11.2 Å². The summed E-state index contributed by atoms with van der Waals surface area (Å²) in [5.41, 5.74) is 5.80. The number of fused-ring (bicyclic) bond motifs is 1. The van der Waals surface area contributed by atoms with Crippen LogP contribution in [-0.4, -0.2) is 19.1 Å². The summed E-state index contributed by atoms with van der Waals surface area (Å²) in [6.07, 6.45) is 1.81. The molecule has 0 aliphatic carbocycles. The van der Waals surface area contributed by atoms with Gasteiger partial charge in [0.05, 0.1) is 6.04 Å². The van der Waals surface area contributed by atoms with E-state index < -0.39 is 11.2 Å². The van der Waals surface area contributed by atoms with Crippen molar-refractivity contribution in [2.45, 2.75) is 39.3 Å². The molecular weight excluding hydrogens is 246 g/mol. The summed E-state index contributed by atoms with van der Waals surface area (Å²) < 4.78 is 3.16. The van der Waals surface area contributed by atoms with Crippen LogP contribution in [0.1, 0.15) is 38.6 Å². The highest BCUT2D eigenvalue weighted by Crippen LogP contribution is 2.14. The normalized spacial score (nSPS) is 13.1. The Morgan fingerprint density at radius 2 is 2.11 bits per heavy atom. The van der Waals surface area contributed by atoms with Crippen molar-refractivity contribution in [3.63, 3.8) is 0 Å². The van der Waals surface area contributed by atoms with Crippen LogP contribution in [0.2, 0.25) is 0 Å². The molecule has 2 aromatic heterocycles. The zero-order valence-electron chi connectivity index (χ0n) is 11.4. The molecule has 0 amide bonds. The van der Waals surface area contributed by atoms with Crippen molar-refractivity contribution in [3.05, 3.63) is 26.7 Å². The average Bonchev–Trinajstić information content (AvgIpc) is 2.67. The minimum Gasteiger partial charge on any atom is -0.324 e. The average molecular weight is 265 g/mol. The molecule has 2 heterocycles. The molecule has 2 rings (SSSR count). The molecule has 0 saturated heterocycles. The first-order valence-corrected chi connectivity index (χ1v) is 6.42. The molecule has 19 heavy (non-hydrogen) atoms. The van der Waals surface area contributed by atoms with E-state index in [-0.39, 0.29) is 6.04 Å². The lowest BCUT2D eigenvalue weighted by Gasteiger charge is -2.05. The van der Waals surface area contributed by atoms with Crippen LogP contribution in [0.5, 0.6) is 0 Å². The van der Waals surface area contributed by atoms with Crippen molar-refractivity contribution in [2.75, 3.05) is 0 Å². The van der Waals surface area contributed by atoms with Crippen molar-refractivity contribution in [1.29, 1.82) is 0 Å². The van der Waals surface area contributed by atoms with Gasteiger partial charge in [-0.2, -0.15) is 0 Å². The number of rotatable bonds is 4. The minimum atomic E-state index is -0.422. The van der Waals surface area contributed by atoms with Crippen molar-refractivity contribution >= 4 is 11.2 Å². The van der Waals surface area contributed by atoms with Gasteiger partial charge in [0.1, 0.15) is 5.82 Å². The molecule has 2 aromatic rings. The molecule has 0 aliphatic heterocycles. The molecule has 3 N–H and O–H groups in total. The molecule has 0 aromatic carbocycles. The predicted molar refractivity (Wildman–Crippen MR) is 73.1 cm³/mol. The molecular formula is C12H19N5O2. The van der Waals surface area contributed by atoms with E-state index in [1.807, 2.05) is 6.92 Å². The number of hydrogen-bond donors (Lipinski definition) is 2. The maximum Gasteiger partial charge on any atom is 0.330 e. The molecule has 104 valence electrons. The van der Waals surface area contributed by atoms with E-state index >= 15 is 0 Å². The quantitative estimate of drug-likeness (QED) is 0.827. The fourth-order valence-corrected chi connectivity index (χ4v) is 2.19. The third-order valence-electron chi connectivity index (χ3n) is 3.19. The maximum atomic E-state index is 11.9. The number of nitrogens with one attached hydrogen (secondary N) is 1. The Labute approximate surface area is 110 Å². The topological polar surface area (TPSA) is 98.7 Å². The standard InChI is InChI=1S/C12H19N5O2/c1-4-5-6-17-10-8(11(18)15-12(17)19)16(3)9(14-10)7(2)13/h7H,4-6,13H2,1-3H3,(H,15,18,19). The summed E-state index contributed by atoms with van der Waals surface area (Å²) >= 11 is 0. The van der Waals surface area contributed by atoms with E-state index in [0.717, 1.165) is 12.8 Å². The second kappa shape index (κ2) is 5.00. The van der Waals surface area contributed by atoms with Crippen LogP contribution in [0.25, 0.3) is 11.2 Å². The highest BCUT2D eigenvalue weighted by Gasteiger charge is 2.17. The molecule has 0 saturated carbocycles. The molecule has 0 bridgehead atoms. The molecule has 1 unspecified atom stereocenters. The lowest BCUT2D eigenvalue weighted by atomic mass is 10.3. The van der Waals surface area contributed by atoms with Gasteiger partial charge in [0, 0.05) is 13.6 Å². The first kappa shape index (κ1) is 13.5. The van der Waals surface area contributed by atoms with Crippen molar-refractivity contribution in [1.82, 2.24) is 19.1 Å². The van der Waals surface area contributed by atoms with Crippen LogP contribution >= 0.6 is 0 Å². The second-order valence-corrected chi connectivity index (χ2v) is 4.75. The van der Waals surface area contributed by atoms with Crippen LogP contribution in [0.15, 0.2) is 9.59 Å². The Hall–Kier alpha value is -1.89. The predicted octanol–water partition coefficient (Wildman–Crippen LogP) is 0.243. The monoisotopic (exact) mass is 265 g/mol. The summed E-state index contributed by atoms with van der Waals surface area (Å²) in [5.74, 6) is 0.594. The Balaban J connectivity index is 2.79. The van der Waals surface area contributed by atoms with Crippen molar-refractivity contribution in [2.24, 2.45) is 12.8 Å². The SMILES string of the molecule is CCCCn1c(=O)[nH]c(=O)c2c1nc(C(C)N)n2C. The van der Waals surface area contributed by atoms with E-state index in [2.05, 4.69) is 9.97 Å². The highest BCUT2D eigenvalue weighted by atomic mass is 16.2. The molecule has 0 radical (unpaired) electrons. The third kappa shape index (κ3) is 2.21. The Kier molecular flexibility index (Phi) is 3.57. The lowest BCUT2D eigenvalue weighted by Crippen LogP contribution is -2.31. The summed E-state index contributed by atoms with van der Waals surface area (Å²) in [4.78, 5) is 30.5. The van der Waals surface area contributed by atoms with Crippen LogP contribution in [0.3, 0.4) is 0 Å². The minimum absolute atomic E-state index is 0.300. The summed E-state index contributed by atoms with van der Waals surface area (Å²) in [6.45, 7) is 4.38. The Morgan fingerprint density at radius 1 is 1.42 bits per heavy atom. The van der Waals surface area contributed by atoms with Gasteiger partial charge in [0.25, 0.3) is 5.56 Å². The number of aryl methyl sites for hydroxylation is 2. The van der Waals surface area contributed by atoms with E-state index in [9.17, 15) is 9.59 Å². The van der Waals surface area contributed by atoms with Gasteiger partial charge >= 0.3 is 5.69 Å². The zero-order chi connectivity index (χ0) is 14.2. The number of aromatic amines is 1. The fourth-order valence-electron chi connectivity index (χ4n) is 2.19. The third-order valence-corrected chi connectivity index (χ3v) is 3.19. The van der Waals surface area contributed by atoms with E-state index in [1.54, 1.807) is 18.5 Å². The Bertz CT molecular complexity index is 707. The number of nitrogens with two attached hydrogens (primary N) is 1. The lowest BCUT2D eigenvalue weighted by molar-refractivity contribution is 0.612. The number of H-pyrrole nitrogens is 1. The van der Waals surface area contributed by atoms with Gasteiger partial charge in [-0.3, -0.25) is 14.3 Å². The first-order valence-electron chi connectivity index (χ1n) is 6.42. The molecule has 0 fully saturated rings. The smallest absolute Gasteiger partial charge is 0.324 e. The Morgan fingerprint density at radius 3 is 2.68 bits per heavy atom. The van der Waals surface area contributed by atoms with Gasteiger partial charge in [-0.1, -0.05) is 13.3 Å². The molecule has 7 nitrogen and oxygen atoms in total. The summed E-state index contributed by atoms with van der Waals surface area (Å²) in [7, 11) is 1.73. The van der Waals surface area contributed by atoms with E-state index in [4.69, 9.17) is 5.73 Å². The van der Waals surface area contributed by atoms with Gasteiger partial charge in [-0.15, -0.1) is 0 Å². The highest BCUT2D eigenvalue weighted by molar-refractivity contribution is 5.70. The largest absolute Gasteiger partial charge is 0.330 e. The van der Waals surface area contributed by atoms with Gasteiger partial charge in [-0.05, 0) is 13.3 Å².